The highest BCUT2D eigenvalue weighted by atomic mass is 16.6. The zero-order valence-corrected chi connectivity index (χ0v) is 12.3. The molecule has 0 aliphatic heterocycles. The van der Waals surface area contributed by atoms with Crippen molar-refractivity contribution < 1.29 is 14.5 Å². The first-order chi connectivity index (χ1) is 11.0. The molecule has 0 saturated heterocycles. The van der Waals surface area contributed by atoms with Gasteiger partial charge in [0.1, 0.15) is 5.69 Å². The van der Waals surface area contributed by atoms with Gasteiger partial charge in [0, 0.05) is 17.7 Å². The average Bonchev–Trinajstić information content (AvgIpc) is 3.34. The van der Waals surface area contributed by atoms with Gasteiger partial charge in [-0.25, -0.2) is 0 Å². The molecule has 3 N–H and O–H groups in total. The highest BCUT2D eigenvalue weighted by Gasteiger charge is 2.25. The van der Waals surface area contributed by atoms with E-state index in [4.69, 9.17) is 6.42 Å². The van der Waals surface area contributed by atoms with E-state index in [1.807, 2.05) is 0 Å². The molecule has 1 aromatic rings. The number of rotatable bonds is 7. The summed E-state index contributed by atoms with van der Waals surface area (Å²) in [6, 6.07) is 4.25. The second kappa shape index (κ2) is 7.26. The molecule has 1 fully saturated rings. The van der Waals surface area contributed by atoms with Crippen molar-refractivity contribution in [2.45, 2.75) is 18.9 Å². The first kappa shape index (κ1) is 16.3. The molecule has 0 unspecified atom stereocenters. The number of nitro groups is 1. The normalized spacial score (nSPS) is 12.8. The quantitative estimate of drug-likeness (QED) is 0.388. The van der Waals surface area contributed by atoms with Crippen molar-refractivity contribution in [1.29, 1.82) is 0 Å². The molecule has 2 amide bonds. The maximum absolute atomic E-state index is 11.9. The standard InChI is InChI=1S/C15H16N4O4/c1-2-7-16-14(20)9-17-12-6-3-10(8-13(12)19(22)23)15(21)18-11-4-5-11/h1,3,6,8,11,17H,4-5,7,9H2,(H,16,20)(H,18,21). The monoisotopic (exact) mass is 316 g/mol. The van der Waals surface area contributed by atoms with Gasteiger partial charge in [0.05, 0.1) is 18.0 Å². The van der Waals surface area contributed by atoms with Gasteiger partial charge in [0.2, 0.25) is 5.91 Å². The molecular formula is C15H16N4O4. The topological polar surface area (TPSA) is 113 Å². The fourth-order valence-electron chi connectivity index (χ4n) is 1.86. The minimum atomic E-state index is -0.602. The summed E-state index contributed by atoms with van der Waals surface area (Å²) in [6.07, 6.45) is 6.88. The predicted octanol–water partition coefficient (Wildman–Crippen LogP) is 0.648. The van der Waals surface area contributed by atoms with Crippen molar-refractivity contribution in [3.05, 3.63) is 33.9 Å². The predicted molar refractivity (Wildman–Crippen MR) is 83.9 cm³/mol. The highest BCUT2D eigenvalue weighted by Crippen LogP contribution is 2.26. The van der Waals surface area contributed by atoms with Crippen LogP contribution in [0.25, 0.3) is 0 Å². The van der Waals surface area contributed by atoms with Crippen LogP contribution in [0, 0.1) is 22.5 Å². The maximum atomic E-state index is 11.9. The molecule has 1 aliphatic rings. The lowest BCUT2D eigenvalue weighted by molar-refractivity contribution is -0.384. The maximum Gasteiger partial charge on any atom is 0.293 e. The van der Waals surface area contributed by atoms with E-state index in [0.29, 0.717) is 0 Å². The van der Waals surface area contributed by atoms with Crippen LogP contribution < -0.4 is 16.0 Å². The molecule has 1 saturated carbocycles. The lowest BCUT2D eigenvalue weighted by Crippen LogP contribution is -2.30. The zero-order valence-electron chi connectivity index (χ0n) is 12.3. The zero-order chi connectivity index (χ0) is 16.8. The SMILES string of the molecule is C#CCNC(=O)CNc1ccc(C(=O)NC2CC2)cc1[N+](=O)[O-]. The fraction of sp³-hybridized carbons (Fsp3) is 0.333. The number of hydrogen-bond donors (Lipinski definition) is 3. The van der Waals surface area contributed by atoms with Crippen LogP contribution in [0.5, 0.6) is 0 Å². The number of nitrogens with one attached hydrogen (secondary N) is 3. The summed E-state index contributed by atoms with van der Waals surface area (Å²) in [5, 5.41) is 19.0. The van der Waals surface area contributed by atoms with Crippen LogP contribution in [0.3, 0.4) is 0 Å². The van der Waals surface area contributed by atoms with Gasteiger partial charge >= 0.3 is 0 Å². The van der Waals surface area contributed by atoms with Gasteiger partial charge in [-0.1, -0.05) is 5.92 Å². The summed E-state index contributed by atoms with van der Waals surface area (Å²) in [4.78, 5) is 33.9. The molecule has 0 spiro atoms. The van der Waals surface area contributed by atoms with Gasteiger partial charge in [-0.3, -0.25) is 19.7 Å². The number of anilines is 1. The number of carbonyl (C=O) groups excluding carboxylic acids is 2. The molecule has 1 aliphatic carbocycles. The molecule has 1 aromatic carbocycles. The average molecular weight is 316 g/mol. The minimum Gasteiger partial charge on any atom is -0.371 e. The van der Waals surface area contributed by atoms with Crippen molar-refractivity contribution in [3.8, 4) is 12.3 Å². The number of nitrogens with zero attached hydrogens (tertiary/aromatic N) is 1. The molecule has 0 heterocycles. The summed E-state index contributed by atoms with van der Waals surface area (Å²) >= 11 is 0. The number of amides is 2. The Morgan fingerprint density at radius 2 is 2.13 bits per heavy atom. The summed E-state index contributed by atoms with van der Waals surface area (Å²) < 4.78 is 0. The number of carbonyl (C=O) groups is 2. The Morgan fingerprint density at radius 3 is 2.74 bits per heavy atom. The summed E-state index contributed by atoms with van der Waals surface area (Å²) in [6.45, 7) is -0.0704. The van der Waals surface area contributed by atoms with Gasteiger partial charge in [-0.05, 0) is 25.0 Å². The third-order valence-corrected chi connectivity index (χ3v) is 3.20. The van der Waals surface area contributed by atoms with Crippen LogP contribution in [-0.4, -0.2) is 35.9 Å². The lowest BCUT2D eigenvalue weighted by Gasteiger charge is -2.09. The van der Waals surface area contributed by atoms with E-state index in [1.54, 1.807) is 0 Å². The van der Waals surface area contributed by atoms with Gasteiger partial charge < -0.3 is 16.0 Å². The summed E-state index contributed by atoms with van der Waals surface area (Å²) in [5.41, 5.74) is 0.109. The number of hydrogen-bond acceptors (Lipinski definition) is 5. The van der Waals surface area contributed by atoms with E-state index in [1.165, 1.54) is 18.2 Å². The molecule has 2 rings (SSSR count). The Bertz CT molecular complexity index is 677. The lowest BCUT2D eigenvalue weighted by atomic mass is 10.1. The Kier molecular flexibility index (Phi) is 5.15. The van der Waals surface area contributed by atoms with Gasteiger partial charge in [-0.2, -0.15) is 0 Å². The molecule has 0 aromatic heterocycles. The Balaban J connectivity index is 2.06. The molecule has 0 bridgehead atoms. The van der Waals surface area contributed by atoms with Crippen molar-refractivity contribution in [2.24, 2.45) is 0 Å². The number of terminal acetylenes is 1. The second-order valence-corrected chi connectivity index (χ2v) is 5.07. The van der Waals surface area contributed by atoms with E-state index in [2.05, 4.69) is 21.9 Å². The van der Waals surface area contributed by atoms with E-state index < -0.39 is 4.92 Å². The van der Waals surface area contributed by atoms with Crippen LogP contribution in [0.4, 0.5) is 11.4 Å². The summed E-state index contributed by atoms with van der Waals surface area (Å²) in [7, 11) is 0. The third-order valence-electron chi connectivity index (χ3n) is 3.20. The van der Waals surface area contributed by atoms with Crippen molar-refractivity contribution >= 4 is 23.2 Å². The van der Waals surface area contributed by atoms with Crippen molar-refractivity contribution in [1.82, 2.24) is 10.6 Å². The van der Waals surface area contributed by atoms with Crippen LogP contribution in [-0.2, 0) is 4.79 Å². The third kappa shape index (κ3) is 4.71. The smallest absolute Gasteiger partial charge is 0.293 e. The van der Waals surface area contributed by atoms with E-state index in [0.717, 1.165) is 12.8 Å². The molecule has 0 radical (unpaired) electrons. The first-order valence-electron chi connectivity index (χ1n) is 7.04. The molecule has 120 valence electrons. The number of benzene rings is 1. The Morgan fingerprint density at radius 1 is 1.39 bits per heavy atom. The van der Waals surface area contributed by atoms with Gasteiger partial charge in [0.25, 0.3) is 11.6 Å². The van der Waals surface area contributed by atoms with Crippen molar-refractivity contribution in [3.63, 3.8) is 0 Å². The van der Waals surface area contributed by atoms with Crippen molar-refractivity contribution in [2.75, 3.05) is 18.4 Å². The highest BCUT2D eigenvalue weighted by molar-refractivity contribution is 5.96. The second-order valence-electron chi connectivity index (χ2n) is 5.07. The van der Waals surface area contributed by atoms with E-state index in [-0.39, 0.29) is 47.9 Å². The number of nitro benzene ring substituents is 1. The minimum absolute atomic E-state index is 0.0862. The molecule has 23 heavy (non-hydrogen) atoms. The molecule has 0 atom stereocenters. The van der Waals surface area contributed by atoms with Crippen LogP contribution in [0.2, 0.25) is 0 Å². The van der Waals surface area contributed by atoms with Crippen LogP contribution in [0.1, 0.15) is 23.2 Å². The molecular weight excluding hydrogens is 300 g/mol. The van der Waals surface area contributed by atoms with Crippen LogP contribution in [0.15, 0.2) is 18.2 Å². The largest absolute Gasteiger partial charge is 0.371 e. The van der Waals surface area contributed by atoms with E-state index >= 15 is 0 Å². The first-order valence-corrected chi connectivity index (χ1v) is 7.04. The van der Waals surface area contributed by atoms with Crippen LogP contribution >= 0.6 is 0 Å². The van der Waals surface area contributed by atoms with E-state index in [9.17, 15) is 19.7 Å². The summed E-state index contributed by atoms with van der Waals surface area (Å²) in [5.74, 6) is 1.53. The van der Waals surface area contributed by atoms with Gasteiger partial charge in [-0.15, -0.1) is 6.42 Å². The fourth-order valence-corrected chi connectivity index (χ4v) is 1.86. The molecule has 8 nitrogen and oxygen atoms in total. The Labute approximate surface area is 132 Å². The van der Waals surface area contributed by atoms with Gasteiger partial charge in [0.15, 0.2) is 0 Å². The molecule has 8 heteroatoms. The Hall–Kier alpha value is -3.08.